The van der Waals surface area contributed by atoms with Crippen LogP contribution in [0.15, 0.2) is 18.2 Å². The Morgan fingerprint density at radius 2 is 1.83 bits per heavy atom. The molecule has 8 heteroatoms. The van der Waals surface area contributed by atoms with Crippen LogP contribution in [0.4, 0.5) is 5.82 Å². The van der Waals surface area contributed by atoms with Crippen molar-refractivity contribution in [1.82, 2.24) is 14.9 Å². The molecular weight excluding hydrogens is 378 g/mol. The van der Waals surface area contributed by atoms with Gasteiger partial charge < -0.3 is 10.2 Å². The first-order valence-corrected chi connectivity index (χ1v) is 8.87. The average Bonchev–Trinajstić information content (AvgIpc) is 2.49. The van der Waals surface area contributed by atoms with Crippen LogP contribution in [0, 0.1) is 0 Å². The van der Waals surface area contributed by atoms with Gasteiger partial charge in [-0.05, 0) is 31.3 Å². The molecule has 0 unspecified atom stereocenters. The van der Waals surface area contributed by atoms with Crippen LogP contribution < -0.4 is 5.32 Å². The number of halogens is 4. The minimum Gasteiger partial charge on any atom is -0.368 e. The van der Waals surface area contributed by atoms with E-state index in [1.165, 1.54) is 0 Å². The summed E-state index contributed by atoms with van der Waals surface area (Å²) < 4.78 is -1.69. The Morgan fingerprint density at radius 3 is 2.43 bits per heavy atom. The average molecular weight is 396 g/mol. The molecule has 0 aliphatic heterocycles. The Morgan fingerprint density at radius 1 is 1.13 bits per heavy atom. The summed E-state index contributed by atoms with van der Waals surface area (Å²) >= 11 is 23.8. The van der Waals surface area contributed by atoms with E-state index >= 15 is 0 Å². The van der Waals surface area contributed by atoms with Crippen LogP contribution in [-0.2, 0) is 3.79 Å². The van der Waals surface area contributed by atoms with Crippen molar-refractivity contribution < 1.29 is 0 Å². The van der Waals surface area contributed by atoms with E-state index in [4.69, 9.17) is 46.4 Å². The Bertz CT molecular complexity index is 668. The maximum atomic E-state index is 6.03. The van der Waals surface area contributed by atoms with E-state index in [9.17, 15) is 0 Å². The van der Waals surface area contributed by atoms with Crippen LogP contribution in [0.1, 0.15) is 19.7 Å². The number of rotatable bonds is 6. The number of likely N-dealkylation sites (N-methyl/N-ethyl adjacent to an activating group) is 1. The van der Waals surface area contributed by atoms with Crippen LogP contribution in [-0.4, -0.2) is 41.0 Å². The lowest BCUT2D eigenvalue weighted by molar-refractivity contribution is 0.316. The van der Waals surface area contributed by atoms with Crippen LogP contribution in [0.2, 0.25) is 5.02 Å². The molecule has 23 heavy (non-hydrogen) atoms. The lowest BCUT2D eigenvalue weighted by Gasteiger charge is -2.19. The van der Waals surface area contributed by atoms with Crippen molar-refractivity contribution in [3.05, 3.63) is 29.0 Å². The summed E-state index contributed by atoms with van der Waals surface area (Å²) in [6, 6.07) is 5.38. The zero-order valence-electron chi connectivity index (χ0n) is 12.9. The maximum absolute atomic E-state index is 6.03. The number of nitrogens with one attached hydrogen (secondary N) is 1. The van der Waals surface area contributed by atoms with Gasteiger partial charge in [0.1, 0.15) is 5.82 Å². The molecule has 0 aliphatic carbocycles. The van der Waals surface area contributed by atoms with Crippen molar-refractivity contribution in [3.8, 4) is 0 Å². The summed E-state index contributed by atoms with van der Waals surface area (Å²) in [5.74, 6) is 0.766. The molecule has 0 spiro atoms. The second-order valence-electron chi connectivity index (χ2n) is 5.01. The van der Waals surface area contributed by atoms with Gasteiger partial charge in [-0.2, -0.15) is 0 Å². The Hall–Kier alpha value is -0.520. The molecule has 1 N–H and O–H groups in total. The predicted molar refractivity (Wildman–Crippen MR) is 100 cm³/mol. The van der Waals surface area contributed by atoms with E-state index in [0.717, 1.165) is 31.6 Å². The van der Waals surface area contributed by atoms with Crippen molar-refractivity contribution in [2.45, 2.75) is 17.6 Å². The van der Waals surface area contributed by atoms with E-state index in [0.29, 0.717) is 16.4 Å². The molecule has 126 valence electrons. The normalized spacial score (nSPS) is 12.1. The SMILES string of the molecule is CCN(CC)CCNc1nc(C(Cl)(Cl)Cl)nc2cc(Cl)ccc12. The maximum Gasteiger partial charge on any atom is 0.250 e. The minimum atomic E-state index is -1.69. The first-order chi connectivity index (χ1) is 10.8. The largest absolute Gasteiger partial charge is 0.368 e. The van der Waals surface area contributed by atoms with Gasteiger partial charge in [-0.25, -0.2) is 9.97 Å². The molecule has 0 bridgehead atoms. The van der Waals surface area contributed by atoms with E-state index in [1.807, 2.05) is 6.07 Å². The van der Waals surface area contributed by atoms with Crippen LogP contribution in [0.25, 0.3) is 10.9 Å². The number of nitrogens with zero attached hydrogens (tertiary/aromatic N) is 3. The summed E-state index contributed by atoms with van der Waals surface area (Å²) in [6.45, 7) is 7.89. The second kappa shape index (κ2) is 8.04. The molecule has 2 aromatic rings. The molecule has 0 saturated carbocycles. The van der Waals surface area contributed by atoms with Gasteiger partial charge in [0.2, 0.25) is 3.79 Å². The summed E-state index contributed by atoms with van der Waals surface area (Å²) in [7, 11) is 0. The van der Waals surface area contributed by atoms with Crippen molar-refractivity contribution in [2.24, 2.45) is 0 Å². The highest BCUT2D eigenvalue weighted by atomic mass is 35.6. The highest BCUT2D eigenvalue weighted by Gasteiger charge is 2.28. The number of hydrogen-bond acceptors (Lipinski definition) is 4. The predicted octanol–water partition coefficient (Wildman–Crippen LogP) is 4.86. The molecule has 0 aliphatic rings. The monoisotopic (exact) mass is 394 g/mol. The fourth-order valence-electron chi connectivity index (χ4n) is 2.24. The van der Waals surface area contributed by atoms with Crippen LogP contribution in [0.3, 0.4) is 0 Å². The second-order valence-corrected chi connectivity index (χ2v) is 7.73. The van der Waals surface area contributed by atoms with Gasteiger partial charge in [-0.15, -0.1) is 0 Å². The zero-order chi connectivity index (χ0) is 17.0. The molecule has 1 heterocycles. The third-order valence-electron chi connectivity index (χ3n) is 3.53. The van der Waals surface area contributed by atoms with Crippen molar-refractivity contribution in [2.75, 3.05) is 31.5 Å². The molecular formula is C15H18Cl4N4. The number of aromatic nitrogens is 2. The van der Waals surface area contributed by atoms with Gasteiger partial charge in [-0.1, -0.05) is 60.3 Å². The lowest BCUT2D eigenvalue weighted by Crippen LogP contribution is -2.29. The van der Waals surface area contributed by atoms with Gasteiger partial charge in [0, 0.05) is 23.5 Å². The van der Waals surface area contributed by atoms with Gasteiger partial charge in [-0.3, -0.25) is 0 Å². The number of alkyl halides is 3. The number of fused-ring (bicyclic) bond motifs is 1. The first kappa shape index (κ1) is 18.8. The number of benzene rings is 1. The summed E-state index contributed by atoms with van der Waals surface area (Å²) in [6.07, 6.45) is 0. The van der Waals surface area contributed by atoms with E-state index in [1.54, 1.807) is 12.1 Å². The number of hydrogen-bond donors (Lipinski definition) is 1. The molecule has 4 nitrogen and oxygen atoms in total. The topological polar surface area (TPSA) is 41.0 Å². The fourth-order valence-corrected chi connectivity index (χ4v) is 2.66. The van der Waals surface area contributed by atoms with Gasteiger partial charge in [0.15, 0.2) is 5.82 Å². The molecule has 0 amide bonds. The highest BCUT2D eigenvalue weighted by molar-refractivity contribution is 6.66. The summed E-state index contributed by atoms with van der Waals surface area (Å²) in [5, 5.41) is 4.72. The van der Waals surface area contributed by atoms with Crippen LogP contribution >= 0.6 is 46.4 Å². The third-order valence-corrected chi connectivity index (χ3v) is 4.27. The Labute approximate surface area is 156 Å². The van der Waals surface area contributed by atoms with Crippen molar-refractivity contribution in [3.63, 3.8) is 0 Å². The summed E-state index contributed by atoms with van der Waals surface area (Å²) in [4.78, 5) is 11.0. The standard InChI is InChI=1S/C15H18Cl4N4/c1-3-23(4-2)8-7-20-13-11-6-5-10(16)9-12(11)21-14(22-13)15(17,18)19/h5-6,9H,3-4,7-8H2,1-2H3,(H,20,21,22). The van der Waals surface area contributed by atoms with Gasteiger partial charge >= 0.3 is 0 Å². The zero-order valence-corrected chi connectivity index (χ0v) is 15.9. The highest BCUT2D eigenvalue weighted by Crippen LogP contribution is 2.37. The fraction of sp³-hybridized carbons (Fsp3) is 0.467. The van der Waals surface area contributed by atoms with Crippen molar-refractivity contribution >= 4 is 63.1 Å². The van der Waals surface area contributed by atoms with E-state index in [-0.39, 0.29) is 5.82 Å². The Balaban J connectivity index is 2.33. The number of anilines is 1. The quantitative estimate of drug-likeness (QED) is 0.708. The minimum absolute atomic E-state index is 0.127. The summed E-state index contributed by atoms with van der Waals surface area (Å²) in [5.41, 5.74) is 0.638. The Kier molecular flexibility index (Phi) is 6.57. The molecule has 1 aromatic carbocycles. The van der Waals surface area contributed by atoms with Gasteiger partial charge in [0.25, 0.3) is 0 Å². The third kappa shape index (κ3) is 4.97. The van der Waals surface area contributed by atoms with Crippen molar-refractivity contribution in [1.29, 1.82) is 0 Å². The first-order valence-electron chi connectivity index (χ1n) is 7.35. The van der Waals surface area contributed by atoms with E-state index < -0.39 is 3.79 Å². The molecule has 1 aromatic heterocycles. The lowest BCUT2D eigenvalue weighted by atomic mass is 10.2. The molecule has 0 radical (unpaired) electrons. The van der Waals surface area contributed by atoms with Gasteiger partial charge in [0.05, 0.1) is 5.52 Å². The molecule has 0 fully saturated rings. The molecule has 0 saturated heterocycles. The molecule has 0 atom stereocenters. The van der Waals surface area contributed by atoms with E-state index in [2.05, 4.69) is 34.0 Å². The smallest absolute Gasteiger partial charge is 0.250 e. The van der Waals surface area contributed by atoms with Crippen LogP contribution in [0.5, 0.6) is 0 Å². The molecule has 2 rings (SSSR count).